The van der Waals surface area contributed by atoms with Gasteiger partial charge in [-0.2, -0.15) is 5.10 Å². The summed E-state index contributed by atoms with van der Waals surface area (Å²) < 4.78 is 54.2. The molecule has 180 valence electrons. The van der Waals surface area contributed by atoms with Crippen LogP contribution >= 0.6 is 27.5 Å². The molecule has 2 heterocycles. The van der Waals surface area contributed by atoms with Gasteiger partial charge in [-0.15, -0.1) is 0 Å². The van der Waals surface area contributed by atoms with Crippen molar-refractivity contribution in [3.63, 3.8) is 0 Å². The number of nitrogens with zero attached hydrogens (tertiary/aromatic N) is 4. The molecule has 2 aromatic carbocycles. The molecule has 2 aliphatic rings. The summed E-state index contributed by atoms with van der Waals surface area (Å²) in [5, 5.41) is 10.1. The molecule has 4 rings (SSSR count). The van der Waals surface area contributed by atoms with E-state index in [0.717, 1.165) is 33.8 Å². The number of sulfonamides is 1. The third-order valence-corrected chi connectivity index (χ3v) is 8.34. The average Bonchev–Trinajstić information content (AvgIpc) is 3.17. The van der Waals surface area contributed by atoms with Crippen LogP contribution in [0.5, 0.6) is 0 Å². The lowest BCUT2D eigenvalue weighted by molar-refractivity contribution is 0.335. The van der Waals surface area contributed by atoms with Crippen LogP contribution in [0.1, 0.15) is 12.0 Å². The lowest BCUT2D eigenvalue weighted by atomic mass is 10.1. The molecule has 0 radical (unpaired) electrons. The number of hydrazone groups is 1. The first kappa shape index (κ1) is 24.8. The zero-order valence-electron chi connectivity index (χ0n) is 18.0. The van der Waals surface area contributed by atoms with Crippen LogP contribution in [-0.4, -0.2) is 60.9 Å². The standard InChI is InChI=1S/C22H21BrClF2N5O2S/c1-30(34(32,33)21-17(25)8-4-9-18(21)26)11-5-10-27-20-12-19(14-6-2-3-7-16(14)24)29-22-15(23)13-28-31(20)22/h2-4,6-9,12-13,15,22,29H,5,10-11H2,1H3. The Bertz CT molecular complexity index is 1270. The number of halogens is 4. The van der Waals surface area contributed by atoms with E-state index >= 15 is 0 Å². The maximum Gasteiger partial charge on any atom is 0.248 e. The summed E-state index contributed by atoms with van der Waals surface area (Å²) in [6, 6.07) is 10.4. The van der Waals surface area contributed by atoms with Crippen LogP contribution in [-0.2, 0) is 10.0 Å². The van der Waals surface area contributed by atoms with Crippen LogP contribution in [0.15, 0.2) is 63.5 Å². The topological polar surface area (TPSA) is 77.4 Å². The van der Waals surface area contributed by atoms with Crippen molar-refractivity contribution in [2.45, 2.75) is 22.3 Å². The monoisotopic (exact) mass is 571 g/mol. The molecule has 2 atom stereocenters. The highest BCUT2D eigenvalue weighted by atomic mass is 79.9. The summed E-state index contributed by atoms with van der Waals surface area (Å²) in [6.07, 6.45) is 3.70. The van der Waals surface area contributed by atoms with E-state index in [1.54, 1.807) is 17.3 Å². The molecule has 0 aromatic heterocycles. The number of rotatable bonds is 7. The summed E-state index contributed by atoms with van der Waals surface area (Å²) in [5.74, 6) is -1.66. The fourth-order valence-electron chi connectivity index (χ4n) is 3.61. The largest absolute Gasteiger partial charge is 0.362 e. The molecule has 0 bridgehead atoms. The van der Waals surface area contributed by atoms with Crippen molar-refractivity contribution >= 4 is 55.3 Å². The summed E-state index contributed by atoms with van der Waals surface area (Å²) in [7, 11) is -3.04. The van der Waals surface area contributed by atoms with Gasteiger partial charge in [0.15, 0.2) is 4.90 Å². The highest BCUT2D eigenvalue weighted by Gasteiger charge is 2.36. The van der Waals surface area contributed by atoms with E-state index in [9.17, 15) is 17.2 Å². The van der Waals surface area contributed by atoms with Gasteiger partial charge in [0, 0.05) is 48.7 Å². The van der Waals surface area contributed by atoms with Crippen molar-refractivity contribution in [2.24, 2.45) is 10.1 Å². The van der Waals surface area contributed by atoms with Gasteiger partial charge in [0.1, 0.15) is 23.6 Å². The first-order valence-electron chi connectivity index (χ1n) is 10.4. The molecule has 0 amide bonds. The molecule has 12 heteroatoms. The fraction of sp³-hybridized carbons (Fsp3) is 0.273. The Balaban J connectivity index is 1.49. The molecule has 0 aliphatic carbocycles. The minimum absolute atomic E-state index is 0.0278. The predicted octanol–water partition coefficient (Wildman–Crippen LogP) is 4.06. The van der Waals surface area contributed by atoms with Crippen LogP contribution < -0.4 is 5.32 Å². The van der Waals surface area contributed by atoms with Crippen molar-refractivity contribution < 1.29 is 17.2 Å². The van der Waals surface area contributed by atoms with E-state index in [0.29, 0.717) is 17.3 Å². The molecule has 1 N–H and O–H groups in total. The summed E-state index contributed by atoms with van der Waals surface area (Å²) in [4.78, 5) is 3.60. The fourth-order valence-corrected chi connectivity index (χ4v) is 5.62. The van der Waals surface area contributed by atoms with Crippen molar-refractivity contribution in [1.29, 1.82) is 0 Å². The molecular formula is C22H21BrClF2N5O2S. The highest BCUT2D eigenvalue weighted by Crippen LogP contribution is 2.29. The molecule has 2 aliphatic heterocycles. The van der Waals surface area contributed by atoms with Gasteiger partial charge in [0.2, 0.25) is 10.0 Å². The number of amidine groups is 1. The lowest BCUT2D eigenvalue weighted by Gasteiger charge is -2.33. The number of fused-ring (bicyclic) bond motifs is 1. The van der Waals surface area contributed by atoms with E-state index in [2.05, 4.69) is 31.3 Å². The molecule has 0 spiro atoms. The summed E-state index contributed by atoms with van der Waals surface area (Å²) >= 11 is 9.95. The average molecular weight is 573 g/mol. The molecule has 0 saturated carbocycles. The highest BCUT2D eigenvalue weighted by molar-refractivity contribution is 9.10. The number of aliphatic imine (C=N–C) groups is 1. The summed E-state index contributed by atoms with van der Waals surface area (Å²) in [5.41, 5.74) is 1.61. The maximum atomic E-state index is 14.0. The third-order valence-electron chi connectivity index (χ3n) is 5.37. The van der Waals surface area contributed by atoms with E-state index in [-0.39, 0.29) is 24.1 Å². The Hall–Kier alpha value is -2.34. The van der Waals surface area contributed by atoms with Gasteiger partial charge in [-0.25, -0.2) is 26.5 Å². The second-order valence-electron chi connectivity index (χ2n) is 7.65. The Labute approximate surface area is 210 Å². The van der Waals surface area contributed by atoms with Gasteiger partial charge in [0.05, 0.1) is 4.83 Å². The van der Waals surface area contributed by atoms with E-state index < -0.39 is 26.6 Å². The molecule has 2 unspecified atom stereocenters. The number of hydrogen-bond donors (Lipinski definition) is 1. The van der Waals surface area contributed by atoms with Crippen molar-refractivity contribution in [3.8, 4) is 0 Å². The first-order valence-corrected chi connectivity index (χ1v) is 13.1. The van der Waals surface area contributed by atoms with E-state index in [4.69, 9.17) is 11.6 Å². The van der Waals surface area contributed by atoms with Crippen LogP contribution in [0.3, 0.4) is 0 Å². The molecule has 34 heavy (non-hydrogen) atoms. The van der Waals surface area contributed by atoms with Gasteiger partial charge < -0.3 is 5.32 Å². The Kier molecular flexibility index (Phi) is 7.36. The number of hydrogen-bond acceptors (Lipinski definition) is 5. The van der Waals surface area contributed by atoms with Gasteiger partial charge in [-0.05, 0) is 24.6 Å². The Morgan fingerprint density at radius 1 is 1.21 bits per heavy atom. The van der Waals surface area contributed by atoms with E-state index in [1.165, 1.54) is 7.05 Å². The minimum atomic E-state index is -4.32. The van der Waals surface area contributed by atoms with Crippen LogP contribution in [0.4, 0.5) is 8.78 Å². The minimum Gasteiger partial charge on any atom is -0.362 e. The zero-order valence-corrected chi connectivity index (χ0v) is 21.2. The van der Waals surface area contributed by atoms with Crippen LogP contribution in [0.2, 0.25) is 5.02 Å². The maximum absolute atomic E-state index is 14.0. The number of alkyl halides is 1. The van der Waals surface area contributed by atoms with E-state index in [1.807, 2.05) is 24.3 Å². The van der Waals surface area contributed by atoms with Gasteiger partial charge >= 0.3 is 0 Å². The Morgan fingerprint density at radius 2 is 1.91 bits per heavy atom. The molecule has 7 nitrogen and oxygen atoms in total. The first-order chi connectivity index (χ1) is 16.2. The smallest absolute Gasteiger partial charge is 0.248 e. The van der Waals surface area contributed by atoms with Gasteiger partial charge in [0.25, 0.3) is 0 Å². The Morgan fingerprint density at radius 3 is 2.62 bits per heavy atom. The normalized spacial score (nSPS) is 21.1. The molecule has 0 saturated heterocycles. The van der Waals surface area contributed by atoms with Crippen molar-refractivity contribution in [2.75, 3.05) is 20.1 Å². The quantitative estimate of drug-likeness (QED) is 0.401. The third kappa shape index (κ3) is 4.88. The van der Waals surface area contributed by atoms with Gasteiger partial charge in [-0.3, -0.25) is 4.99 Å². The number of benzene rings is 2. The number of nitrogens with one attached hydrogen (secondary N) is 1. The SMILES string of the molecule is CN(CCCN=C1C=C(c2ccccc2Cl)NC2C(Br)C=NN12)S(=O)(=O)c1c(F)cccc1F. The predicted molar refractivity (Wildman–Crippen MR) is 132 cm³/mol. The van der Waals surface area contributed by atoms with Crippen molar-refractivity contribution in [1.82, 2.24) is 14.6 Å². The molecular weight excluding hydrogens is 552 g/mol. The van der Waals surface area contributed by atoms with Crippen LogP contribution in [0.25, 0.3) is 5.70 Å². The van der Waals surface area contributed by atoms with Gasteiger partial charge in [-0.1, -0.05) is 51.8 Å². The van der Waals surface area contributed by atoms with Crippen LogP contribution in [0, 0.1) is 11.6 Å². The second-order valence-corrected chi connectivity index (χ2v) is 11.1. The summed E-state index contributed by atoms with van der Waals surface area (Å²) in [6.45, 7) is 0.299. The lowest BCUT2D eigenvalue weighted by Crippen LogP contribution is -2.50. The zero-order chi connectivity index (χ0) is 24.5. The molecule has 0 fully saturated rings. The second kappa shape index (κ2) is 10.1. The molecule has 2 aromatic rings. The van der Waals surface area contributed by atoms with Crippen molar-refractivity contribution in [3.05, 3.63) is 70.8 Å².